The molecule has 5 atom stereocenters. The summed E-state index contributed by atoms with van der Waals surface area (Å²) in [5.41, 5.74) is -1.06. The van der Waals surface area contributed by atoms with E-state index in [2.05, 4.69) is 0 Å². The second-order valence-corrected chi connectivity index (χ2v) is 8.33. The van der Waals surface area contributed by atoms with Gasteiger partial charge in [0.25, 0.3) is 0 Å². The number of carboxylic acid groups (broad SMARTS) is 1. The smallest absolute Gasteiger partial charge is 0.320 e. The van der Waals surface area contributed by atoms with Crippen LogP contribution in [0.5, 0.6) is 0 Å². The van der Waals surface area contributed by atoms with Gasteiger partial charge in [-0.05, 0) is 37.2 Å². The Bertz CT molecular complexity index is 747. The molecule has 0 radical (unpaired) electrons. The summed E-state index contributed by atoms with van der Waals surface area (Å²) in [6.07, 6.45) is 3.31. The molecular formula is C22H29NO5. The van der Waals surface area contributed by atoms with Crippen LogP contribution >= 0.6 is 0 Å². The Hall–Kier alpha value is -1.92. The fraction of sp³-hybridized carbons (Fsp3) is 0.636. The van der Waals surface area contributed by atoms with Gasteiger partial charge in [0.2, 0.25) is 5.91 Å². The van der Waals surface area contributed by atoms with E-state index >= 15 is 0 Å². The molecule has 2 aliphatic heterocycles. The molecule has 0 bridgehead atoms. The number of fused-ring (bicyclic) bond motifs is 1. The number of likely N-dealkylation sites (tertiary alicyclic amines) is 1. The Morgan fingerprint density at radius 3 is 2.68 bits per heavy atom. The van der Waals surface area contributed by atoms with Gasteiger partial charge in [-0.1, -0.05) is 44.2 Å². The van der Waals surface area contributed by atoms with E-state index in [1.807, 2.05) is 44.2 Å². The molecule has 3 fully saturated rings. The van der Waals surface area contributed by atoms with Crippen molar-refractivity contribution in [2.45, 2.75) is 58.4 Å². The van der Waals surface area contributed by atoms with Gasteiger partial charge in [0.1, 0.15) is 0 Å². The maximum Gasteiger partial charge on any atom is 0.320 e. The summed E-state index contributed by atoms with van der Waals surface area (Å²) in [6, 6.07) is 9.60. The molecule has 1 saturated carbocycles. The van der Waals surface area contributed by atoms with Crippen LogP contribution < -0.4 is 0 Å². The molecule has 3 aliphatic rings. The predicted molar refractivity (Wildman–Crippen MR) is 102 cm³/mol. The Balaban J connectivity index is 1.62. The topological polar surface area (TPSA) is 76.1 Å². The van der Waals surface area contributed by atoms with E-state index in [4.69, 9.17) is 9.47 Å². The molecule has 4 rings (SSSR count). The molecule has 1 aromatic carbocycles. The molecular weight excluding hydrogens is 358 g/mol. The van der Waals surface area contributed by atoms with E-state index in [-0.39, 0.29) is 30.8 Å². The van der Waals surface area contributed by atoms with Crippen LogP contribution in [0.1, 0.15) is 45.1 Å². The molecule has 1 N–H and O–H groups in total. The maximum atomic E-state index is 13.4. The summed E-state index contributed by atoms with van der Waals surface area (Å²) >= 11 is 0. The highest BCUT2D eigenvalue weighted by atomic mass is 16.7. The third kappa shape index (κ3) is 2.54. The third-order valence-corrected chi connectivity index (χ3v) is 7.21. The van der Waals surface area contributed by atoms with Crippen molar-refractivity contribution in [3.8, 4) is 0 Å². The SMILES string of the molecule is CCC1N(Cc2ccccc2)C(=O)C2(C(=O)O)C(C)C12COC1CCCCO1. The standard InChI is InChI=1S/C22H29NO5/c1-3-17-21(14-28-18-11-7-8-12-27-18)15(2)22(21,20(25)26)19(24)23(17)13-16-9-5-4-6-10-16/h4-6,9-10,15,17-18H,3,7-8,11-14H2,1-2H3,(H,25,26). The highest BCUT2D eigenvalue weighted by Crippen LogP contribution is 2.77. The number of amides is 1. The molecule has 28 heavy (non-hydrogen) atoms. The Morgan fingerprint density at radius 1 is 1.32 bits per heavy atom. The highest BCUT2D eigenvalue weighted by molar-refractivity contribution is 6.10. The molecule has 152 valence electrons. The van der Waals surface area contributed by atoms with Crippen molar-refractivity contribution in [3.05, 3.63) is 35.9 Å². The first kappa shape index (κ1) is 19.4. The first-order chi connectivity index (χ1) is 13.5. The van der Waals surface area contributed by atoms with Gasteiger partial charge >= 0.3 is 5.97 Å². The van der Waals surface area contributed by atoms with E-state index < -0.39 is 16.8 Å². The fourth-order valence-corrected chi connectivity index (χ4v) is 5.78. The van der Waals surface area contributed by atoms with Crippen molar-refractivity contribution in [2.75, 3.05) is 13.2 Å². The minimum atomic E-state index is -1.38. The molecule has 5 unspecified atom stereocenters. The zero-order chi connectivity index (χ0) is 19.9. The van der Waals surface area contributed by atoms with Crippen molar-refractivity contribution in [1.82, 2.24) is 4.90 Å². The van der Waals surface area contributed by atoms with Crippen LogP contribution in [0.4, 0.5) is 0 Å². The molecule has 6 heteroatoms. The van der Waals surface area contributed by atoms with E-state index in [0.717, 1.165) is 24.8 Å². The lowest BCUT2D eigenvalue weighted by atomic mass is 9.88. The minimum absolute atomic E-state index is 0.158. The van der Waals surface area contributed by atoms with Gasteiger partial charge in [-0.25, -0.2) is 0 Å². The largest absolute Gasteiger partial charge is 0.480 e. The summed E-state index contributed by atoms with van der Waals surface area (Å²) in [5.74, 6) is -1.53. The number of piperidine rings is 1. The third-order valence-electron chi connectivity index (χ3n) is 7.21. The molecule has 0 aromatic heterocycles. The van der Waals surface area contributed by atoms with E-state index in [1.165, 1.54) is 0 Å². The number of benzene rings is 1. The lowest BCUT2D eigenvalue weighted by Gasteiger charge is -2.34. The van der Waals surface area contributed by atoms with Crippen LogP contribution in [0, 0.1) is 16.7 Å². The van der Waals surface area contributed by atoms with Gasteiger partial charge in [-0.3, -0.25) is 9.59 Å². The average molecular weight is 387 g/mol. The summed E-state index contributed by atoms with van der Waals surface area (Å²) in [6.45, 7) is 5.27. The quantitative estimate of drug-likeness (QED) is 0.728. The molecule has 6 nitrogen and oxygen atoms in total. The molecule has 0 spiro atoms. The van der Waals surface area contributed by atoms with Crippen molar-refractivity contribution in [1.29, 1.82) is 0 Å². The van der Waals surface area contributed by atoms with Gasteiger partial charge in [-0.15, -0.1) is 0 Å². The van der Waals surface area contributed by atoms with Gasteiger partial charge in [-0.2, -0.15) is 0 Å². The molecule has 2 heterocycles. The number of rotatable bonds is 7. The van der Waals surface area contributed by atoms with E-state index in [1.54, 1.807) is 4.90 Å². The molecule has 1 amide bonds. The average Bonchev–Trinajstić information content (AvgIpc) is 3.18. The van der Waals surface area contributed by atoms with Gasteiger partial charge in [0, 0.05) is 24.6 Å². The number of nitrogens with zero attached hydrogens (tertiary/aromatic N) is 1. The normalized spacial score (nSPS) is 37.0. The molecule has 1 aromatic rings. The Morgan fingerprint density at radius 2 is 2.07 bits per heavy atom. The number of hydrogen-bond donors (Lipinski definition) is 1. The van der Waals surface area contributed by atoms with Crippen molar-refractivity contribution >= 4 is 11.9 Å². The zero-order valence-corrected chi connectivity index (χ0v) is 16.6. The molecule has 1 aliphatic carbocycles. The zero-order valence-electron chi connectivity index (χ0n) is 16.6. The summed E-state index contributed by atoms with van der Waals surface area (Å²) in [4.78, 5) is 27.5. The lowest BCUT2D eigenvalue weighted by Crippen LogP contribution is -2.42. The van der Waals surface area contributed by atoms with Crippen molar-refractivity contribution < 1.29 is 24.2 Å². The Kier molecular flexibility index (Phi) is 4.96. The van der Waals surface area contributed by atoms with Crippen LogP contribution in [0.2, 0.25) is 0 Å². The van der Waals surface area contributed by atoms with Crippen LogP contribution in [0.15, 0.2) is 30.3 Å². The predicted octanol–water partition coefficient (Wildman–Crippen LogP) is 3.06. The van der Waals surface area contributed by atoms with Crippen molar-refractivity contribution in [3.63, 3.8) is 0 Å². The number of aliphatic carboxylic acids is 1. The number of carboxylic acids is 1. The van der Waals surface area contributed by atoms with E-state index in [9.17, 15) is 14.7 Å². The fourth-order valence-electron chi connectivity index (χ4n) is 5.78. The van der Waals surface area contributed by atoms with Crippen molar-refractivity contribution in [2.24, 2.45) is 16.7 Å². The van der Waals surface area contributed by atoms with Crippen LogP contribution in [0.25, 0.3) is 0 Å². The number of carbonyl (C=O) groups excluding carboxylic acids is 1. The maximum absolute atomic E-state index is 13.4. The second kappa shape index (κ2) is 7.16. The number of carbonyl (C=O) groups is 2. The van der Waals surface area contributed by atoms with Gasteiger partial charge in [0.15, 0.2) is 11.7 Å². The van der Waals surface area contributed by atoms with Gasteiger partial charge < -0.3 is 19.5 Å². The van der Waals surface area contributed by atoms with E-state index in [0.29, 0.717) is 19.6 Å². The summed E-state index contributed by atoms with van der Waals surface area (Å²) < 4.78 is 11.8. The minimum Gasteiger partial charge on any atom is -0.480 e. The number of ether oxygens (including phenoxy) is 2. The van der Waals surface area contributed by atoms with Crippen LogP contribution in [-0.2, 0) is 25.6 Å². The first-order valence-electron chi connectivity index (χ1n) is 10.3. The number of hydrogen-bond acceptors (Lipinski definition) is 4. The van der Waals surface area contributed by atoms with Gasteiger partial charge in [0.05, 0.1) is 6.61 Å². The summed E-state index contributed by atoms with van der Waals surface area (Å²) in [7, 11) is 0. The lowest BCUT2D eigenvalue weighted by molar-refractivity contribution is -0.177. The summed E-state index contributed by atoms with van der Waals surface area (Å²) in [5, 5.41) is 10.1. The monoisotopic (exact) mass is 387 g/mol. The van der Waals surface area contributed by atoms with Crippen LogP contribution in [0.3, 0.4) is 0 Å². The highest BCUT2D eigenvalue weighted by Gasteiger charge is 2.90. The van der Waals surface area contributed by atoms with Crippen LogP contribution in [-0.4, -0.2) is 47.4 Å². The Labute approximate surface area is 165 Å². The second-order valence-electron chi connectivity index (χ2n) is 8.33. The first-order valence-corrected chi connectivity index (χ1v) is 10.3. The molecule has 2 saturated heterocycles.